The summed E-state index contributed by atoms with van der Waals surface area (Å²) >= 11 is 3.55. The molecule has 106 valence electrons. The fraction of sp³-hybridized carbons (Fsp3) is 0.400. The molecule has 0 amide bonds. The molecular weight excluding hydrogens is 318 g/mol. The molecule has 2 aromatic rings. The number of rotatable bonds is 3. The highest BCUT2D eigenvalue weighted by Gasteiger charge is 2.21. The lowest BCUT2D eigenvalue weighted by Crippen LogP contribution is -2.11. The first-order chi connectivity index (χ1) is 9.74. The first kappa shape index (κ1) is 13.6. The van der Waals surface area contributed by atoms with Crippen LogP contribution in [0, 0.1) is 0 Å². The quantitative estimate of drug-likeness (QED) is 0.937. The van der Waals surface area contributed by atoms with Crippen LogP contribution in [0.5, 0.6) is 5.75 Å². The molecule has 0 fully saturated rings. The van der Waals surface area contributed by atoms with E-state index < -0.39 is 0 Å². The minimum Gasteiger partial charge on any atom is -0.496 e. The number of aryl methyl sites for hydroxylation is 1. The topological polar surface area (TPSA) is 53.1 Å². The van der Waals surface area contributed by atoms with Crippen LogP contribution in [0.2, 0.25) is 0 Å². The van der Waals surface area contributed by atoms with Gasteiger partial charge in [-0.1, -0.05) is 6.07 Å². The Labute approximate surface area is 127 Å². The van der Waals surface area contributed by atoms with Crippen molar-refractivity contribution in [2.45, 2.75) is 32.4 Å². The van der Waals surface area contributed by atoms with Crippen LogP contribution in [0.1, 0.15) is 24.2 Å². The first-order valence-electron chi connectivity index (χ1n) is 6.87. The zero-order valence-electron chi connectivity index (χ0n) is 11.5. The molecule has 0 radical (unpaired) electrons. The average molecular weight is 336 g/mol. The number of fused-ring (bicyclic) bond motifs is 1. The third-order valence-electron chi connectivity index (χ3n) is 3.80. The van der Waals surface area contributed by atoms with Crippen LogP contribution < -0.4 is 10.5 Å². The number of benzene rings is 1. The molecule has 20 heavy (non-hydrogen) atoms. The number of hydrogen-bond donors (Lipinski definition) is 1. The molecule has 0 saturated carbocycles. The first-order valence-corrected chi connectivity index (χ1v) is 7.66. The zero-order valence-corrected chi connectivity index (χ0v) is 13.1. The van der Waals surface area contributed by atoms with Gasteiger partial charge in [0.1, 0.15) is 5.75 Å². The van der Waals surface area contributed by atoms with E-state index in [0.717, 1.165) is 34.4 Å². The summed E-state index contributed by atoms with van der Waals surface area (Å²) in [6.45, 7) is 1.47. The van der Waals surface area contributed by atoms with Crippen molar-refractivity contribution in [3.05, 3.63) is 34.1 Å². The molecule has 4 nitrogen and oxygen atoms in total. The molecule has 0 bridgehead atoms. The molecule has 3 rings (SSSR count). The molecule has 0 saturated heterocycles. The monoisotopic (exact) mass is 335 g/mol. The number of nitrogens with zero attached hydrogens (tertiary/aromatic N) is 2. The van der Waals surface area contributed by atoms with Gasteiger partial charge in [0.05, 0.1) is 17.3 Å². The molecule has 2 N–H and O–H groups in total. The molecule has 1 aromatic carbocycles. The maximum atomic E-state index is 5.88. The third-order valence-corrected chi connectivity index (χ3v) is 4.42. The van der Waals surface area contributed by atoms with Crippen molar-refractivity contribution < 1.29 is 4.74 Å². The summed E-state index contributed by atoms with van der Waals surface area (Å²) in [4.78, 5) is 0. The number of methoxy groups -OCH3 is 1. The highest BCUT2D eigenvalue weighted by Crippen LogP contribution is 2.35. The van der Waals surface area contributed by atoms with Crippen LogP contribution in [0.15, 0.2) is 22.7 Å². The van der Waals surface area contributed by atoms with E-state index in [-0.39, 0.29) is 0 Å². The summed E-state index contributed by atoms with van der Waals surface area (Å²) in [6.07, 6.45) is 3.50. The molecule has 1 aromatic heterocycles. The second-order valence-corrected chi connectivity index (χ2v) is 5.86. The van der Waals surface area contributed by atoms with E-state index >= 15 is 0 Å². The summed E-state index contributed by atoms with van der Waals surface area (Å²) in [6, 6.07) is 6.15. The lowest BCUT2D eigenvalue weighted by atomic mass is 9.98. The highest BCUT2D eigenvalue weighted by atomic mass is 79.9. The van der Waals surface area contributed by atoms with Crippen LogP contribution in [-0.2, 0) is 19.5 Å². The van der Waals surface area contributed by atoms with Gasteiger partial charge in [-0.25, -0.2) is 0 Å². The maximum Gasteiger partial charge on any atom is 0.133 e. The van der Waals surface area contributed by atoms with Crippen LogP contribution in [0.4, 0.5) is 0 Å². The van der Waals surface area contributed by atoms with Crippen LogP contribution in [0.3, 0.4) is 0 Å². The summed E-state index contributed by atoms with van der Waals surface area (Å²) in [7, 11) is 1.67. The van der Waals surface area contributed by atoms with Crippen molar-refractivity contribution in [3.63, 3.8) is 0 Å². The minimum atomic E-state index is 0.471. The Bertz CT molecular complexity index is 636. The Balaban J connectivity index is 2.13. The lowest BCUT2D eigenvalue weighted by molar-refractivity contribution is 0.412. The molecular formula is C15H18BrN3O. The molecule has 2 heterocycles. The number of hydrogen-bond acceptors (Lipinski definition) is 3. The average Bonchev–Trinajstić information content (AvgIpc) is 2.85. The number of ether oxygens (including phenoxy) is 1. The van der Waals surface area contributed by atoms with Gasteiger partial charge in [0.15, 0.2) is 0 Å². The van der Waals surface area contributed by atoms with Crippen LogP contribution in [0.25, 0.3) is 11.1 Å². The van der Waals surface area contributed by atoms with Gasteiger partial charge in [-0.3, -0.25) is 4.68 Å². The van der Waals surface area contributed by atoms with E-state index in [1.165, 1.54) is 24.1 Å². The van der Waals surface area contributed by atoms with E-state index in [9.17, 15) is 0 Å². The fourth-order valence-electron chi connectivity index (χ4n) is 2.84. The minimum absolute atomic E-state index is 0.471. The van der Waals surface area contributed by atoms with E-state index in [1.54, 1.807) is 7.11 Å². The Morgan fingerprint density at radius 2 is 2.25 bits per heavy atom. The Morgan fingerprint density at radius 1 is 1.40 bits per heavy atom. The maximum absolute atomic E-state index is 5.88. The van der Waals surface area contributed by atoms with Crippen LogP contribution >= 0.6 is 15.9 Å². The summed E-state index contributed by atoms with van der Waals surface area (Å²) in [5.41, 5.74) is 10.5. The Kier molecular flexibility index (Phi) is 3.81. The lowest BCUT2D eigenvalue weighted by Gasteiger charge is -2.15. The second-order valence-electron chi connectivity index (χ2n) is 5.00. The van der Waals surface area contributed by atoms with E-state index in [1.807, 2.05) is 6.07 Å². The predicted molar refractivity (Wildman–Crippen MR) is 82.7 cm³/mol. The van der Waals surface area contributed by atoms with Crippen molar-refractivity contribution in [2.24, 2.45) is 5.73 Å². The van der Waals surface area contributed by atoms with Gasteiger partial charge >= 0.3 is 0 Å². The molecule has 0 unspecified atom stereocenters. The highest BCUT2D eigenvalue weighted by molar-refractivity contribution is 9.10. The Morgan fingerprint density at radius 3 is 2.95 bits per heavy atom. The molecule has 0 atom stereocenters. The Hall–Kier alpha value is -1.33. The van der Waals surface area contributed by atoms with E-state index in [0.29, 0.717) is 6.54 Å². The van der Waals surface area contributed by atoms with Crippen molar-refractivity contribution in [3.8, 4) is 16.9 Å². The fourth-order valence-corrected chi connectivity index (χ4v) is 3.38. The van der Waals surface area contributed by atoms with E-state index in [4.69, 9.17) is 10.5 Å². The second kappa shape index (κ2) is 5.58. The molecule has 0 spiro atoms. The SMILES string of the molecule is COc1ccc(-c2c(CN)nn3c2CCCC3)cc1Br. The van der Waals surface area contributed by atoms with Gasteiger partial charge in [0.2, 0.25) is 0 Å². The van der Waals surface area contributed by atoms with Gasteiger partial charge in [0, 0.05) is 24.3 Å². The van der Waals surface area contributed by atoms with Crippen molar-refractivity contribution in [2.75, 3.05) is 7.11 Å². The predicted octanol–water partition coefficient (Wildman–Crippen LogP) is 3.12. The van der Waals surface area contributed by atoms with Crippen molar-refractivity contribution >= 4 is 15.9 Å². The number of nitrogens with two attached hydrogens (primary N) is 1. The van der Waals surface area contributed by atoms with E-state index in [2.05, 4.69) is 37.8 Å². The van der Waals surface area contributed by atoms with Crippen molar-refractivity contribution in [1.82, 2.24) is 9.78 Å². The normalized spacial score (nSPS) is 14.2. The van der Waals surface area contributed by atoms with Crippen molar-refractivity contribution in [1.29, 1.82) is 0 Å². The zero-order chi connectivity index (χ0) is 14.1. The largest absolute Gasteiger partial charge is 0.496 e. The smallest absolute Gasteiger partial charge is 0.133 e. The summed E-state index contributed by atoms with van der Waals surface area (Å²) < 4.78 is 8.37. The standard InChI is InChI=1S/C15H18BrN3O/c1-20-14-6-5-10(8-11(14)16)15-12(9-17)18-19-7-3-2-4-13(15)19/h5-6,8H,2-4,7,9,17H2,1H3. The van der Waals surface area contributed by atoms with Gasteiger partial charge in [-0.15, -0.1) is 0 Å². The molecule has 1 aliphatic heterocycles. The summed E-state index contributed by atoms with van der Waals surface area (Å²) in [5, 5.41) is 4.66. The van der Waals surface area contributed by atoms with Gasteiger partial charge in [-0.2, -0.15) is 5.10 Å². The molecule has 0 aliphatic carbocycles. The van der Waals surface area contributed by atoms with Gasteiger partial charge in [-0.05, 0) is 52.9 Å². The third kappa shape index (κ3) is 2.25. The van der Waals surface area contributed by atoms with Crippen LogP contribution in [-0.4, -0.2) is 16.9 Å². The number of aromatic nitrogens is 2. The molecule has 1 aliphatic rings. The molecule has 5 heteroatoms. The van der Waals surface area contributed by atoms with Gasteiger partial charge < -0.3 is 10.5 Å². The number of halogens is 1. The summed E-state index contributed by atoms with van der Waals surface area (Å²) in [5.74, 6) is 0.837. The van der Waals surface area contributed by atoms with Gasteiger partial charge in [0.25, 0.3) is 0 Å².